The first-order chi connectivity index (χ1) is 6.49. The normalized spacial score (nSPS) is 28.6. The average Bonchev–Trinajstić information content (AvgIpc) is 2.49. The van der Waals surface area contributed by atoms with Gasteiger partial charge < -0.3 is 11.1 Å². The molecule has 0 aromatic heterocycles. The Morgan fingerprint density at radius 3 is 2.64 bits per heavy atom. The Hall–Kier alpha value is -0.610. The molecule has 3 N–H and O–H groups in total. The molecule has 0 spiro atoms. The highest BCUT2D eigenvalue weighted by Gasteiger charge is 2.38. The highest BCUT2D eigenvalue weighted by molar-refractivity contribution is 5.75. The first-order valence-electron chi connectivity index (χ1n) is 5.20. The van der Waals surface area contributed by atoms with Gasteiger partial charge in [-0.3, -0.25) is 9.69 Å². The minimum absolute atomic E-state index is 0.0872. The Morgan fingerprint density at radius 1 is 1.64 bits per heavy atom. The third kappa shape index (κ3) is 2.45. The molecule has 14 heavy (non-hydrogen) atoms. The van der Waals surface area contributed by atoms with Crippen molar-refractivity contribution < 1.29 is 4.79 Å². The van der Waals surface area contributed by atoms with Crippen molar-refractivity contribution in [1.82, 2.24) is 10.2 Å². The van der Waals surface area contributed by atoms with Crippen molar-refractivity contribution in [3.05, 3.63) is 0 Å². The molecule has 0 saturated carbocycles. The lowest BCUT2D eigenvalue weighted by Gasteiger charge is -2.29. The van der Waals surface area contributed by atoms with Gasteiger partial charge in [0, 0.05) is 31.1 Å². The van der Waals surface area contributed by atoms with Crippen molar-refractivity contribution in [3.8, 4) is 0 Å². The van der Waals surface area contributed by atoms with E-state index in [0.717, 1.165) is 19.5 Å². The molecule has 1 saturated heterocycles. The lowest BCUT2D eigenvalue weighted by Crippen LogP contribution is -2.48. The molecule has 82 valence electrons. The average molecular weight is 199 g/mol. The van der Waals surface area contributed by atoms with E-state index in [1.54, 1.807) is 0 Å². The Morgan fingerprint density at radius 2 is 2.29 bits per heavy atom. The largest absolute Gasteiger partial charge is 0.370 e. The Kier molecular flexibility index (Phi) is 3.50. The molecular formula is C10H21N3O. The molecule has 1 heterocycles. The zero-order valence-corrected chi connectivity index (χ0v) is 9.34. The van der Waals surface area contributed by atoms with E-state index >= 15 is 0 Å². The highest BCUT2D eigenvalue weighted by atomic mass is 16.1. The maximum atomic E-state index is 11.0. The van der Waals surface area contributed by atoms with Gasteiger partial charge in [-0.15, -0.1) is 0 Å². The molecule has 1 fully saturated rings. The minimum Gasteiger partial charge on any atom is -0.370 e. The number of likely N-dealkylation sites (tertiary alicyclic amines) is 1. The summed E-state index contributed by atoms with van der Waals surface area (Å²) < 4.78 is 0. The Balaban J connectivity index is 2.61. The van der Waals surface area contributed by atoms with E-state index in [4.69, 9.17) is 5.73 Å². The summed E-state index contributed by atoms with van der Waals surface area (Å²) in [6.07, 6.45) is 1.44. The number of nitrogens with one attached hydrogen (secondary N) is 1. The van der Waals surface area contributed by atoms with Gasteiger partial charge in [-0.25, -0.2) is 0 Å². The van der Waals surface area contributed by atoms with Crippen LogP contribution in [-0.2, 0) is 4.79 Å². The molecule has 1 atom stereocenters. The summed E-state index contributed by atoms with van der Waals surface area (Å²) in [4.78, 5) is 13.3. The van der Waals surface area contributed by atoms with Gasteiger partial charge in [-0.05, 0) is 27.3 Å². The second kappa shape index (κ2) is 4.28. The fourth-order valence-corrected chi connectivity index (χ4v) is 2.12. The second-order valence-corrected chi connectivity index (χ2v) is 4.49. The smallest absolute Gasteiger partial charge is 0.219 e. The number of hydrogen-bond acceptors (Lipinski definition) is 3. The van der Waals surface area contributed by atoms with Crippen molar-refractivity contribution in [3.63, 3.8) is 0 Å². The molecule has 0 aromatic carbocycles. The molecule has 4 heteroatoms. The summed E-state index contributed by atoms with van der Waals surface area (Å²) in [7, 11) is 1.91. The molecule has 0 radical (unpaired) electrons. The monoisotopic (exact) mass is 199 g/mol. The van der Waals surface area contributed by atoms with Gasteiger partial charge in [-0.1, -0.05) is 0 Å². The third-order valence-corrected chi connectivity index (χ3v) is 3.16. The van der Waals surface area contributed by atoms with E-state index in [2.05, 4.69) is 24.1 Å². The predicted molar refractivity (Wildman–Crippen MR) is 56.9 cm³/mol. The van der Waals surface area contributed by atoms with Crippen LogP contribution in [0.4, 0.5) is 0 Å². The first-order valence-corrected chi connectivity index (χ1v) is 5.20. The van der Waals surface area contributed by atoms with Crippen molar-refractivity contribution in [2.75, 3.05) is 20.1 Å². The van der Waals surface area contributed by atoms with Gasteiger partial charge in [0.1, 0.15) is 0 Å². The van der Waals surface area contributed by atoms with Gasteiger partial charge in [0.25, 0.3) is 0 Å². The summed E-state index contributed by atoms with van der Waals surface area (Å²) in [5, 5.41) is 3.25. The fraction of sp³-hybridized carbons (Fsp3) is 0.900. The van der Waals surface area contributed by atoms with E-state index in [9.17, 15) is 4.79 Å². The number of nitrogens with two attached hydrogens (primary N) is 1. The minimum atomic E-state index is -0.218. The molecule has 0 bridgehead atoms. The predicted octanol–water partition coefficient (Wildman–Crippen LogP) is -0.0659. The van der Waals surface area contributed by atoms with Crippen LogP contribution in [-0.4, -0.2) is 42.5 Å². The highest BCUT2D eigenvalue weighted by Crippen LogP contribution is 2.25. The van der Waals surface area contributed by atoms with Crippen LogP contribution in [0.1, 0.15) is 26.7 Å². The van der Waals surface area contributed by atoms with Crippen molar-refractivity contribution >= 4 is 5.91 Å². The van der Waals surface area contributed by atoms with Crippen LogP contribution < -0.4 is 11.1 Å². The fourth-order valence-electron chi connectivity index (χ4n) is 2.12. The lowest BCUT2D eigenvalue weighted by atomic mass is 9.94. The second-order valence-electron chi connectivity index (χ2n) is 4.49. The Labute approximate surface area is 85.8 Å². The summed E-state index contributed by atoms with van der Waals surface area (Å²) >= 11 is 0. The van der Waals surface area contributed by atoms with E-state index < -0.39 is 0 Å². The molecule has 1 rings (SSSR count). The molecule has 0 aliphatic carbocycles. The van der Waals surface area contributed by atoms with E-state index in [1.807, 2.05) is 7.05 Å². The zero-order chi connectivity index (χ0) is 10.8. The number of rotatable bonds is 4. The standard InChI is InChI=1S/C10H21N3O/c1-8(2)13-5-4-10(7-13,12-3)6-9(11)14/h8,12H,4-7H2,1-3H3,(H2,11,14). The molecule has 1 aliphatic heterocycles. The molecular weight excluding hydrogens is 178 g/mol. The van der Waals surface area contributed by atoms with Crippen LogP contribution in [0.2, 0.25) is 0 Å². The number of nitrogens with zero attached hydrogens (tertiary/aromatic N) is 1. The summed E-state index contributed by atoms with van der Waals surface area (Å²) in [5.41, 5.74) is 5.17. The van der Waals surface area contributed by atoms with Gasteiger partial charge >= 0.3 is 0 Å². The van der Waals surface area contributed by atoms with Gasteiger partial charge in [0.2, 0.25) is 5.91 Å². The lowest BCUT2D eigenvalue weighted by molar-refractivity contribution is -0.119. The first kappa shape index (κ1) is 11.5. The van der Waals surface area contributed by atoms with Crippen molar-refractivity contribution in [2.45, 2.75) is 38.3 Å². The number of likely N-dealkylation sites (N-methyl/N-ethyl adjacent to an activating group) is 1. The van der Waals surface area contributed by atoms with Gasteiger partial charge in [-0.2, -0.15) is 0 Å². The maximum absolute atomic E-state index is 11.0. The maximum Gasteiger partial charge on any atom is 0.219 e. The van der Waals surface area contributed by atoms with Crippen LogP contribution in [0.25, 0.3) is 0 Å². The van der Waals surface area contributed by atoms with Crippen LogP contribution in [0.3, 0.4) is 0 Å². The van der Waals surface area contributed by atoms with Crippen LogP contribution >= 0.6 is 0 Å². The molecule has 1 amide bonds. The molecule has 1 unspecified atom stereocenters. The number of carbonyl (C=O) groups excluding carboxylic acids is 1. The van der Waals surface area contributed by atoms with Crippen LogP contribution in [0.5, 0.6) is 0 Å². The van der Waals surface area contributed by atoms with E-state index in [1.165, 1.54) is 0 Å². The van der Waals surface area contributed by atoms with Gasteiger partial charge in [0.15, 0.2) is 0 Å². The third-order valence-electron chi connectivity index (χ3n) is 3.16. The molecule has 1 aliphatic rings. The number of primary amides is 1. The van der Waals surface area contributed by atoms with Gasteiger partial charge in [0.05, 0.1) is 0 Å². The van der Waals surface area contributed by atoms with Crippen molar-refractivity contribution in [1.29, 1.82) is 0 Å². The number of amides is 1. The number of hydrogen-bond donors (Lipinski definition) is 2. The Bertz CT molecular complexity index is 217. The van der Waals surface area contributed by atoms with Crippen molar-refractivity contribution in [2.24, 2.45) is 5.73 Å². The van der Waals surface area contributed by atoms with E-state index in [-0.39, 0.29) is 11.4 Å². The van der Waals surface area contributed by atoms with Crippen LogP contribution in [0.15, 0.2) is 0 Å². The summed E-state index contributed by atoms with van der Waals surface area (Å²) in [6.45, 7) is 6.32. The molecule has 4 nitrogen and oxygen atoms in total. The topological polar surface area (TPSA) is 58.4 Å². The number of carbonyl (C=O) groups is 1. The SMILES string of the molecule is CNC1(CC(N)=O)CCN(C(C)C)C1. The van der Waals surface area contributed by atoms with E-state index in [0.29, 0.717) is 12.5 Å². The zero-order valence-electron chi connectivity index (χ0n) is 9.34. The molecule has 0 aromatic rings. The quantitative estimate of drug-likeness (QED) is 0.666. The van der Waals surface area contributed by atoms with Crippen LogP contribution in [0, 0.1) is 0 Å². The summed E-state index contributed by atoms with van der Waals surface area (Å²) in [6, 6.07) is 0.540. The summed E-state index contributed by atoms with van der Waals surface area (Å²) in [5.74, 6) is -0.218.